The van der Waals surface area contributed by atoms with Crippen molar-refractivity contribution in [1.29, 1.82) is 0 Å². The van der Waals surface area contributed by atoms with Crippen LogP contribution >= 0.6 is 11.6 Å². The second-order valence-electron chi connectivity index (χ2n) is 3.55. The largest absolute Gasteiger partial charge is 0.293 e. The minimum Gasteiger partial charge on any atom is -0.293 e. The van der Waals surface area contributed by atoms with E-state index >= 15 is 0 Å². The summed E-state index contributed by atoms with van der Waals surface area (Å²) in [5, 5.41) is 0.626. The molecule has 2 rings (SSSR count). The summed E-state index contributed by atoms with van der Waals surface area (Å²) < 4.78 is 0. The average Bonchev–Trinajstić information content (AvgIpc) is 2.15. The van der Waals surface area contributed by atoms with Crippen molar-refractivity contribution in [3.63, 3.8) is 0 Å². The Morgan fingerprint density at radius 2 is 2.14 bits per heavy atom. The molecule has 3 heteroatoms. The van der Waals surface area contributed by atoms with E-state index in [1.54, 1.807) is 12.3 Å². The minimum atomic E-state index is -0.138. The number of fused-ring (bicyclic) bond motifs is 1. The summed E-state index contributed by atoms with van der Waals surface area (Å²) in [5.41, 5.74) is 2.32. The topological polar surface area (TPSA) is 29.4 Å². The number of nitrogens with zero attached hydrogens (tertiary/aromatic N) is 1. The van der Waals surface area contributed by atoms with Crippen LogP contribution in [0.3, 0.4) is 0 Å². The number of ketones is 1. The number of Topliss-reactive ketones (excluding diaryl/α,β-unsaturated/α-hetero) is 1. The lowest BCUT2D eigenvalue weighted by atomic mass is 9.95. The van der Waals surface area contributed by atoms with E-state index in [-0.39, 0.29) is 11.7 Å². The quantitative estimate of drug-likeness (QED) is 0.643. The number of aliphatic imine (C=N–C) groups is 1. The Balaban J connectivity index is 2.64. The van der Waals surface area contributed by atoms with Crippen molar-refractivity contribution in [2.75, 3.05) is 0 Å². The van der Waals surface area contributed by atoms with E-state index in [4.69, 9.17) is 11.6 Å². The van der Waals surface area contributed by atoms with Gasteiger partial charge in [0.25, 0.3) is 0 Å². The number of carbonyl (C=O) groups excluding carboxylic acids is 1. The molecule has 1 aromatic carbocycles. The Kier molecular flexibility index (Phi) is 2.16. The lowest BCUT2D eigenvalue weighted by molar-refractivity contribution is 0.0962. The van der Waals surface area contributed by atoms with Gasteiger partial charge in [0, 0.05) is 16.8 Å². The van der Waals surface area contributed by atoms with E-state index in [1.165, 1.54) is 0 Å². The van der Waals surface area contributed by atoms with Crippen LogP contribution in [-0.2, 0) is 0 Å². The predicted octanol–water partition coefficient (Wildman–Crippen LogP) is 3.18. The van der Waals surface area contributed by atoms with Crippen LogP contribution in [0.5, 0.6) is 0 Å². The normalized spacial score (nSPS) is 19.6. The van der Waals surface area contributed by atoms with Crippen LogP contribution in [0.25, 0.3) is 0 Å². The maximum Gasteiger partial charge on any atom is 0.173 e. The molecule has 1 aromatic rings. The molecular weight excluding hydrogens is 198 g/mol. The van der Waals surface area contributed by atoms with Gasteiger partial charge in [-0.15, -0.1) is 0 Å². The molecular formula is C11H10ClNO. The molecule has 0 saturated carbocycles. The Hall–Kier alpha value is -1.15. The fraction of sp³-hybridized carbons (Fsp3) is 0.273. The van der Waals surface area contributed by atoms with Gasteiger partial charge in [0.15, 0.2) is 5.78 Å². The van der Waals surface area contributed by atoms with Crippen molar-refractivity contribution < 1.29 is 4.79 Å². The van der Waals surface area contributed by atoms with Gasteiger partial charge in [-0.25, -0.2) is 0 Å². The van der Waals surface area contributed by atoms with Gasteiger partial charge in [-0.05, 0) is 24.6 Å². The SMILES string of the molecule is Cc1cc2c(cc1Cl)C(=O)C(C)C=N2. The molecule has 0 spiro atoms. The Labute approximate surface area is 87.6 Å². The van der Waals surface area contributed by atoms with Crippen molar-refractivity contribution in [1.82, 2.24) is 0 Å². The van der Waals surface area contributed by atoms with Gasteiger partial charge in [0.1, 0.15) is 0 Å². The number of hydrogen-bond acceptors (Lipinski definition) is 2. The van der Waals surface area contributed by atoms with Gasteiger partial charge in [0.2, 0.25) is 0 Å². The van der Waals surface area contributed by atoms with E-state index in [1.807, 2.05) is 19.9 Å². The van der Waals surface area contributed by atoms with Gasteiger partial charge < -0.3 is 0 Å². The van der Waals surface area contributed by atoms with E-state index < -0.39 is 0 Å². The first-order valence-corrected chi connectivity index (χ1v) is 4.86. The molecule has 0 fully saturated rings. The summed E-state index contributed by atoms with van der Waals surface area (Å²) in [6, 6.07) is 3.56. The van der Waals surface area contributed by atoms with Crippen LogP contribution in [0.2, 0.25) is 5.02 Å². The van der Waals surface area contributed by atoms with Crippen LogP contribution in [0.1, 0.15) is 22.8 Å². The van der Waals surface area contributed by atoms with Crippen LogP contribution < -0.4 is 0 Å². The second kappa shape index (κ2) is 3.21. The maximum absolute atomic E-state index is 11.7. The van der Waals surface area contributed by atoms with Gasteiger partial charge >= 0.3 is 0 Å². The van der Waals surface area contributed by atoms with Crippen molar-refractivity contribution in [3.05, 3.63) is 28.3 Å². The minimum absolute atomic E-state index is 0.0944. The third kappa shape index (κ3) is 1.36. The molecule has 0 radical (unpaired) electrons. The van der Waals surface area contributed by atoms with Gasteiger partial charge in [0.05, 0.1) is 11.6 Å². The number of rotatable bonds is 0. The molecule has 1 aliphatic heterocycles. The third-order valence-corrected chi connectivity index (χ3v) is 2.80. The fourth-order valence-corrected chi connectivity index (χ4v) is 1.64. The molecule has 1 atom stereocenters. The Bertz CT molecular complexity index is 437. The summed E-state index contributed by atoms with van der Waals surface area (Å²) in [7, 11) is 0. The average molecular weight is 208 g/mol. The third-order valence-electron chi connectivity index (χ3n) is 2.39. The highest BCUT2D eigenvalue weighted by atomic mass is 35.5. The molecule has 2 nitrogen and oxygen atoms in total. The van der Waals surface area contributed by atoms with Crippen LogP contribution in [-0.4, -0.2) is 12.0 Å². The first kappa shape index (κ1) is 9.41. The molecule has 0 amide bonds. The fourth-order valence-electron chi connectivity index (χ4n) is 1.48. The molecule has 1 unspecified atom stereocenters. The van der Waals surface area contributed by atoms with Crippen LogP contribution in [0.4, 0.5) is 5.69 Å². The smallest absolute Gasteiger partial charge is 0.173 e. The Morgan fingerprint density at radius 3 is 2.86 bits per heavy atom. The van der Waals surface area contributed by atoms with Crippen LogP contribution in [0.15, 0.2) is 17.1 Å². The monoisotopic (exact) mass is 207 g/mol. The summed E-state index contributed by atoms with van der Waals surface area (Å²) in [4.78, 5) is 16.0. The van der Waals surface area contributed by atoms with Crippen molar-refractivity contribution >= 4 is 29.3 Å². The zero-order valence-corrected chi connectivity index (χ0v) is 8.80. The molecule has 1 aliphatic rings. The highest BCUT2D eigenvalue weighted by Gasteiger charge is 2.21. The summed E-state index contributed by atoms with van der Waals surface area (Å²) in [5.74, 6) is -0.0434. The van der Waals surface area contributed by atoms with Crippen LogP contribution in [0, 0.1) is 12.8 Å². The van der Waals surface area contributed by atoms with Gasteiger partial charge in [-0.2, -0.15) is 0 Å². The van der Waals surface area contributed by atoms with E-state index in [9.17, 15) is 4.79 Å². The van der Waals surface area contributed by atoms with E-state index in [2.05, 4.69) is 4.99 Å². The first-order valence-electron chi connectivity index (χ1n) is 4.48. The van der Waals surface area contributed by atoms with Crippen molar-refractivity contribution in [2.24, 2.45) is 10.9 Å². The number of halogens is 1. The summed E-state index contributed by atoms with van der Waals surface area (Å²) in [6.07, 6.45) is 1.68. The number of aryl methyl sites for hydroxylation is 1. The Morgan fingerprint density at radius 1 is 1.43 bits per heavy atom. The lowest BCUT2D eigenvalue weighted by Crippen LogP contribution is -2.16. The molecule has 0 bridgehead atoms. The summed E-state index contributed by atoms with van der Waals surface area (Å²) >= 11 is 5.95. The molecule has 14 heavy (non-hydrogen) atoms. The molecule has 0 aromatic heterocycles. The zero-order chi connectivity index (χ0) is 10.3. The first-order chi connectivity index (χ1) is 6.59. The van der Waals surface area contributed by atoms with Crippen molar-refractivity contribution in [3.8, 4) is 0 Å². The number of carbonyl (C=O) groups is 1. The lowest BCUT2D eigenvalue weighted by Gasteiger charge is -2.14. The van der Waals surface area contributed by atoms with E-state index in [0.29, 0.717) is 10.6 Å². The highest BCUT2D eigenvalue weighted by molar-refractivity contribution is 6.32. The number of benzene rings is 1. The summed E-state index contributed by atoms with van der Waals surface area (Å²) in [6.45, 7) is 3.74. The van der Waals surface area contributed by atoms with E-state index in [0.717, 1.165) is 11.3 Å². The maximum atomic E-state index is 11.7. The molecule has 0 saturated heterocycles. The molecule has 72 valence electrons. The number of hydrogen-bond donors (Lipinski definition) is 0. The van der Waals surface area contributed by atoms with Crippen molar-refractivity contribution in [2.45, 2.75) is 13.8 Å². The highest BCUT2D eigenvalue weighted by Crippen LogP contribution is 2.31. The standard InChI is InChI=1S/C11H10ClNO/c1-6-3-10-8(4-9(6)12)11(14)7(2)5-13-10/h3-5,7H,1-2H3. The van der Waals surface area contributed by atoms with Gasteiger partial charge in [-0.3, -0.25) is 9.79 Å². The molecule has 0 N–H and O–H groups in total. The van der Waals surface area contributed by atoms with Gasteiger partial charge in [-0.1, -0.05) is 18.5 Å². The predicted molar refractivity (Wildman–Crippen MR) is 57.8 cm³/mol. The molecule has 0 aliphatic carbocycles. The molecule has 1 heterocycles. The zero-order valence-electron chi connectivity index (χ0n) is 8.04. The second-order valence-corrected chi connectivity index (χ2v) is 3.96.